The monoisotopic (exact) mass is 367 g/mol. The Labute approximate surface area is 154 Å². The zero-order valence-corrected chi connectivity index (χ0v) is 15.3. The number of benzene rings is 1. The van der Waals surface area contributed by atoms with Gasteiger partial charge in [-0.05, 0) is 44.3 Å². The molecule has 0 radical (unpaired) electrons. The van der Waals surface area contributed by atoms with E-state index in [1.807, 2.05) is 30.3 Å². The first kappa shape index (κ1) is 19.7. The molecule has 3 rings (SSSR count). The van der Waals surface area contributed by atoms with Crippen LogP contribution in [0.25, 0.3) is 0 Å². The summed E-state index contributed by atoms with van der Waals surface area (Å²) in [6, 6.07) is 9.57. The molecule has 0 saturated carbocycles. The molecule has 1 aromatic rings. The molecule has 138 valence electrons. The van der Waals surface area contributed by atoms with Crippen molar-refractivity contribution in [3.8, 4) is 0 Å². The molecule has 6 nitrogen and oxygen atoms in total. The van der Waals surface area contributed by atoms with Crippen LogP contribution in [0.4, 0.5) is 0 Å². The molecule has 1 atom stereocenters. The lowest BCUT2D eigenvalue weighted by Crippen LogP contribution is -2.57. The largest absolute Gasteiger partial charge is 0.468 e. The minimum Gasteiger partial charge on any atom is -0.468 e. The van der Waals surface area contributed by atoms with E-state index in [1.165, 1.54) is 7.11 Å². The van der Waals surface area contributed by atoms with Crippen molar-refractivity contribution in [2.24, 2.45) is 0 Å². The van der Waals surface area contributed by atoms with Crippen LogP contribution in [0.2, 0.25) is 0 Å². The Morgan fingerprint density at radius 1 is 1.24 bits per heavy atom. The minimum atomic E-state index is -0.546. The number of nitrogens with zero attached hydrogens (tertiary/aromatic N) is 1. The molecule has 1 unspecified atom stereocenters. The normalized spacial score (nSPS) is 22.7. The van der Waals surface area contributed by atoms with Gasteiger partial charge in [0.2, 0.25) is 5.91 Å². The van der Waals surface area contributed by atoms with Crippen LogP contribution in [0.5, 0.6) is 0 Å². The van der Waals surface area contributed by atoms with Crippen LogP contribution >= 0.6 is 12.4 Å². The summed E-state index contributed by atoms with van der Waals surface area (Å²) in [5, 5.41) is 5.08. The Kier molecular flexibility index (Phi) is 6.81. The Balaban J connectivity index is 0.00000225. The van der Waals surface area contributed by atoms with Gasteiger partial charge >= 0.3 is 5.97 Å². The maximum absolute atomic E-state index is 13.2. The summed E-state index contributed by atoms with van der Waals surface area (Å²) < 4.78 is 4.86. The van der Waals surface area contributed by atoms with E-state index in [0.29, 0.717) is 13.0 Å². The molecule has 0 spiro atoms. The summed E-state index contributed by atoms with van der Waals surface area (Å²) in [6.07, 6.45) is 3.09. The van der Waals surface area contributed by atoms with Gasteiger partial charge in [-0.25, -0.2) is 5.01 Å². The number of ether oxygens (including phenoxy) is 1. The Morgan fingerprint density at radius 3 is 2.56 bits per heavy atom. The van der Waals surface area contributed by atoms with E-state index in [-0.39, 0.29) is 30.3 Å². The summed E-state index contributed by atoms with van der Waals surface area (Å²) in [7, 11) is 1.39. The van der Waals surface area contributed by atoms with Crippen LogP contribution in [0, 0.1) is 0 Å². The van der Waals surface area contributed by atoms with Gasteiger partial charge in [-0.2, -0.15) is 0 Å². The maximum atomic E-state index is 13.2. The Morgan fingerprint density at radius 2 is 1.92 bits per heavy atom. The molecule has 0 bridgehead atoms. The fraction of sp³-hybridized carbons (Fsp3) is 0.556. The molecule has 2 saturated heterocycles. The van der Waals surface area contributed by atoms with E-state index in [2.05, 4.69) is 10.7 Å². The van der Waals surface area contributed by atoms with Crippen LogP contribution in [-0.4, -0.2) is 49.7 Å². The van der Waals surface area contributed by atoms with Crippen LogP contribution in [-0.2, 0) is 19.7 Å². The second-order valence-corrected chi connectivity index (χ2v) is 6.51. The number of carbonyl (C=O) groups is 2. The van der Waals surface area contributed by atoms with Crippen molar-refractivity contribution in [1.29, 1.82) is 0 Å². The number of esters is 1. The maximum Gasteiger partial charge on any atom is 0.324 e. The van der Waals surface area contributed by atoms with E-state index in [9.17, 15) is 9.59 Å². The lowest BCUT2D eigenvalue weighted by molar-refractivity contribution is -0.148. The summed E-state index contributed by atoms with van der Waals surface area (Å²) in [6.45, 7) is 2.29. The highest BCUT2D eigenvalue weighted by Gasteiger charge is 2.43. The van der Waals surface area contributed by atoms with Gasteiger partial charge in [-0.1, -0.05) is 30.3 Å². The molecule has 2 heterocycles. The van der Waals surface area contributed by atoms with Crippen molar-refractivity contribution in [3.05, 3.63) is 35.9 Å². The zero-order valence-electron chi connectivity index (χ0n) is 14.5. The van der Waals surface area contributed by atoms with E-state index < -0.39 is 5.41 Å². The summed E-state index contributed by atoms with van der Waals surface area (Å²) in [5.41, 5.74) is 3.51. The van der Waals surface area contributed by atoms with Crippen LogP contribution in [0.15, 0.2) is 30.3 Å². The lowest BCUT2D eigenvalue weighted by atomic mass is 9.72. The summed E-state index contributed by atoms with van der Waals surface area (Å²) in [5.74, 6) is -0.308. The molecule has 2 fully saturated rings. The van der Waals surface area contributed by atoms with Crippen LogP contribution in [0.1, 0.15) is 31.2 Å². The first-order valence-corrected chi connectivity index (χ1v) is 8.59. The first-order valence-electron chi connectivity index (χ1n) is 8.59. The Hall–Kier alpha value is -1.63. The average Bonchev–Trinajstić information content (AvgIpc) is 3.10. The SMILES string of the molecule is COC(=O)C1CCCN1NC(=O)C1(c2ccccc2)CCNCC1.Cl. The van der Waals surface area contributed by atoms with Gasteiger partial charge in [0.25, 0.3) is 0 Å². The highest BCUT2D eigenvalue weighted by molar-refractivity contribution is 5.88. The Bertz CT molecular complexity index is 590. The third kappa shape index (κ3) is 3.97. The van der Waals surface area contributed by atoms with Crippen molar-refractivity contribution < 1.29 is 14.3 Å². The topological polar surface area (TPSA) is 70.7 Å². The van der Waals surface area contributed by atoms with Gasteiger partial charge in [0, 0.05) is 6.54 Å². The lowest BCUT2D eigenvalue weighted by Gasteiger charge is -2.38. The van der Waals surface area contributed by atoms with Crippen molar-refractivity contribution in [2.45, 2.75) is 37.1 Å². The second kappa shape index (κ2) is 8.65. The number of hydrogen-bond acceptors (Lipinski definition) is 5. The molecule has 0 aliphatic carbocycles. The standard InChI is InChI=1S/C18H25N3O3.ClH/c1-24-16(22)15-8-5-13-21(15)20-17(23)18(9-11-19-12-10-18)14-6-3-2-4-7-14;/h2-4,6-7,15,19H,5,8-13H2,1H3,(H,20,23);1H. The number of methoxy groups -OCH3 is 1. The van der Waals surface area contributed by atoms with Crippen molar-refractivity contribution in [2.75, 3.05) is 26.7 Å². The smallest absolute Gasteiger partial charge is 0.324 e. The third-order valence-corrected chi connectivity index (χ3v) is 5.19. The number of piperidine rings is 1. The van der Waals surface area contributed by atoms with Crippen LogP contribution < -0.4 is 10.7 Å². The minimum absolute atomic E-state index is 0. The highest BCUT2D eigenvalue weighted by Crippen LogP contribution is 2.34. The van der Waals surface area contributed by atoms with Crippen LogP contribution in [0.3, 0.4) is 0 Å². The number of rotatable bonds is 4. The second-order valence-electron chi connectivity index (χ2n) is 6.51. The summed E-state index contributed by atoms with van der Waals surface area (Å²) in [4.78, 5) is 25.1. The van der Waals surface area contributed by atoms with Gasteiger partial charge in [-0.3, -0.25) is 15.0 Å². The number of nitrogens with one attached hydrogen (secondary N) is 2. The molecular formula is C18H26ClN3O3. The predicted octanol–water partition coefficient (Wildman–Crippen LogP) is 1.40. The molecule has 7 heteroatoms. The van der Waals surface area contributed by atoms with Crippen molar-refractivity contribution in [3.63, 3.8) is 0 Å². The van der Waals surface area contributed by atoms with Gasteiger partial charge in [0.15, 0.2) is 0 Å². The molecule has 1 aromatic carbocycles. The van der Waals surface area contributed by atoms with Gasteiger partial charge < -0.3 is 10.1 Å². The molecule has 1 amide bonds. The van der Waals surface area contributed by atoms with E-state index in [0.717, 1.165) is 37.9 Å². The third-order valence-electron chi connectivity index (χ3n) is 5.19. The van der Waals surface area contributed by atoms with Gasteiger partial charge in [0.05, 0.1) is 12.5 Å². The number of halogens is 1. The van der Waals surface area contributed by atoms with Gasteiger partial charge in [0.1, 0.15) is 6.04 Å². The van der Waals surface area contributed by atoms with E-state index in [4.69, 9.17) is 4.74 Å². The molecule has 2 aliphatic heterocycles. The quantitative estimate of drug-likeness (QED) is 0.787. The molecular weight excluding hydrogens is 342 g/mol. The van der Waals surface area contributed by atoms with E-state index >= 15 is 0 Å². The fourth-order valence-corrected chi connectivity index (χ4v) is 3.78. The highest BCUT2D eigenvalue weighted by atomic mass is 35.5. The number of carbonyl (C=O) groups excluding carboxylic acids is 2. The molecule has 2 aliphatic rings. The molecule has 2 N–H and O–H groups in total. The van der Waals surface area contributed by atoms with Gasteiger partial charge in [-0.15, -0.1) is 12.4 Å². The average molecular weight is 368 g/mol. The first-order chi connectivity index (χ1) is 11.7. The number of hydrogen-bond donors (Lipinski definition) is 2. The molecule has 0 aromatic heterocycles. The zero-order chi connectivity index (χ0) is 17.0. The number of hydrazine groups is 1. The summed E-state index contributed by atoms with van der Waals surface area (Å²) >= 11 is 0. The van der Waals surface area contributed by atoms with E-state index in [1.54, 1.807) is 5.01 Å². The molecule has 25 heavy (non-hydrogen) atoms. The fourth-order valence-electron chi connectivity index (χ4n) is 3.78. The van der Waals surface area contributed by atoms with Crippen molar-refractivity contribution in [1.82, 2.24) is 15.8 Å². The number of amides is 1. The van der Waals surface area contributed by atoms with Crippen molar-refractivity contribution >= 4 is 24.3 Å². The predicted molar refractivity (Wildman–Crippen MR) is 97.4 cm³/mol.